The van der Waals surface area contributed by atoms with Gasteiger partial charge in [0.1, 0.15) is 5.75 Å². The molecule has 0 bridgehead atoms. The molecule has 1 aromatic carbocycles. The number of halogens is 3. The van der Waals surface area contributed by atoms with Crippen LogP contribution in [0.4, 0.5) is 18.9 Å². The van der Waals surface area contributed by atoms with Crippen molar-refractivity contribution in [2.75, 3.05) is 25.6 Å². The molecule has 0 spiro atoms. The summed E-state index contributed by atoms with van der Waals surface area (Å²) in [5, 5.41) is 6.05. The predicted octanol–water partition coefficient (Wildman–Crippen LogP) is 2.52. The van der Waals surface area contributed by atoms with Crippen molar-refractivity contribution in [2.45, 2.75) is 6.36 Å². The van der Waals surface area contributed by atoms with E-state index in [1.54, 1.807) is 7.11 Å². The number of hydrogen-bond acceptors (Lipinski definition) is 3. The molecule has 8 heteroatoms. The minimum atomic E-state index is -4.69. The Morgan fingerprint density at radius 3 is 2.42 bits per heavy atom. The van der Waals surface area contributed by atoms with E-state index in [1.807, 2.05) is 0 Å². The van der Waals surface area contributed by atoms with Gasteiger partial charge in [0.05, 0.1) is 6.61 Å². The molecule has 4 nitrogen and oxygen atoms in total. The van der Waals surface area contributed by atoms with Crippen LogP contribution in [-0.2, 0) is 4.74 Å². The van der Waals surface area contributed by atoms with Gasteiger partial charge in [-0.2, -0.15) is 0 Å². The molecule has 0 aliphatic rings. The third-order valence-electron chi connectivity index (χ3n) is 1.94. The third kappa shape index (κ3) is 6.82. The number of ether oxygens (including phenoxy) is 2. The minimum Gasteiger partial charge on any atom is -0.406 e. The zero-order valence-electron chi connectivity index (χ0n) is 10.1. The number of nitrogens with one attached hydrogen (secondary N) is 2. The van der Waals surface area contributed by atoms with Gasteiger partial charge in [-0.25, -0.2) is 0 Å². The second-order valence-electron chi connectivity index (χ2n) is 3.45. The molecular formula is C11H13F3N2O2S. The minimum absolute atomic E-state index is 0.281. The Hall–Kier alpha value is -1.54. The van der Waals surface area contributed by atoms with E-state index in [9.17, 15) is 13.2 Å². The van der Waals surface area contributed by atoms with E-state index < -0.39 is 6.36 Å². The summed E-state index contributed by atoms with van der Waals surface area (Å²) in [6.45, 7) is 1.04. The van der Waals surface area contributed by atoms with Gasteiger partial charge in [0, 0.05) is 19.3 Å². The smallest absolute Gasteiger partial charge is 0.406 e. The van der Waals surface area contributed by atoms with Crippen molar-refractivity contribution in [3.63, 3.8) is 0 Å². The van der Waals surface area contributed by atoms with Gasteiger partial charge in [0.15, 0.2) is 5.11 Å². The zero-order chi connectivity index (χ0) is 14.3. The summed E-state index contributed by atoms with van der Waals surface area (Å²) in [7, 11) is 1.57. The van der Waals surface area contributed by atoms with Crippen LogP contribution in [0.5, 0.6) is 5.75 Å². The van der Waals surface area contributed by atoms with Gasteiger partial charge in [-0.05, 0) is 36.5 Å². The van der Waals surface area contributed by atoms with Gasteiger partial charge in [-0.3, -0.25) is 0 Å². The van der Waals surface area contributed by atoms with Crippen LogP contribution in [0.2, 0.25) is 0 Å². The maximum atomic E-state index is 11.9. The maximum absolute atomic E-state index is 11.9. The van der Waals surface area contributed by atoms with E-state index in [0.29, 0.717) is 24.0 Å². The molecule has 0 unspecified atom stereocenters. The van der Waals surface area contributed by atoms with Gasteiger partial charge in [0.25, 0.3) is 0 Å². The van der Waals surface area contributed by atoms with E-state index >= 15 is 0 Å². The number of rotatable bonds is 5. The average Bonchev–Trinajstić information content (AvgIpc) is 2.30. The zero-order valence-corrected chi connectivity index (χ0v) is 10.9. The van der Waals surface area contributed by atoms with Crippen molar-refractivity contribution < 1.29 is 22.6 Å². The molecule has 0 radical (unpaired) electrons. The lowest BCUT2D eigenvalue weighted by molar-refractivity contribution is -0.274. The Morgan fingerprint density at radius 2 is 1.89 bits per heavy atom. The van der Waals surface area contributed by atoms with Gasteiger partial charge >= 0.3 is 6.36 Å². The highest BCUT2D eigenvalue weighted by atomic mass is 32.1. The normalized spacial score (nSPS) is 10.9. The van der Waals surface area contributed by atoms with Crippen molar-refractivity contribution >= 4 is 23.0 Å². The van der Waals surface area contributed by atoms with Crippen LogP contribution in [-0.4, -0.2) is 31.7 Å². The topological polar surface area (TPSA) is 42.5 Å². The highest BCUT2D eigenvalue weighted by molar-refractivity contribution is 7.80. The number of anilines is 1. The molecule has 0 aliphatic carbocycles. The van der Waals surface area contributed by atoms with E-state index in [1.165, 1.54) is 24.3 Å². The first kappa shape index (κ1) is 15.5. The molecule has 0 saturated carbocycles. The van der Waals surface area contributed by atoms with Crippen LogP contribution >= 0.6 is 12.2 Å². The Kier molecular flexibility index (Phi) is 5.84. The number of benzene rings is 1. The quantitative estimate of drug-likeness (QED) is 0.645. The fourth-order valence-corrected chi connectivity index (χ4v) is 1.40. The number of thiocarbonyl (C=S) groups is 1. The Balaban J connectivity index is 2.46. The molecule has 106 valence electrons. The Morgan fingerprint density at radius 1 is 1.26 bits per heavy atom. The first-order valence-corrected chi connectivity index (χ1v) is 5.71. The standard InChI is InChI=1S/C11H13F3N2O2S/c1-17-7-6-15-10(19)16-8-2-4-9(5-3-8)18-11(12,13)14/h2-5H,6-7H2,1H3,(H2,15,16,19). The molecule has 0 fully saturated rings. The second-order valence-corrected chi connectivity index (χ2v) is 3.85. The van der Waals surface area contributed by atoms with Gasteiger partial charge < -0.3 is 20.1 Å². The molecule has 0 heterocycles. The molecule has 0 atom stereocenters. The van der Waals surface area contributed by atoms with Gasteiger partial charge in [-0.1, -0.05) is 0 Å². The fraction of sp³-hybridized carbons (Fsp3) is 0.364. The molecule has 0 saturated heterocycles. The van der Waals surface area contributed by atoms with Crippen LogP contribution in [0.25, 0.3) is 0 Å². The lowest BCUT2D eigenvalue weighted by atomic mass is 10.3. The van der Waals surface area contributed by atoms with E-state index in [2.05, 4.69) is 15.4 Å². The largest absolute Gasteiger partial charge is 0.573 e. The Labute approximate surface area is 113 Å². The van der Waals surface area contributed by atoms with Crippen molar-refractivity contribution in [3.8, 4) is 5.75 Å². The van der Waals surface area contributed by atoms with Crippen LogP contribution in [0.1, 0.15) is 0 Å². The summed E-state index contributed by atoms with van der Waals surface area (Å²) in [6, 6.07) is 5.28. The summed E-state index contributed by atoms with van der Waals surface area (Å²) in [6.07, 6.45) is -4.69. The average molecular weight is 294 g/mol. The molecule has 19 heavy (non-hydrogen) atoms. The van der Waals surface area contributed by atoms with Crippen LogP contribution in [0.3, 0.4) is 0 Å². The number of alkyl halides is 3. The number of methoxy groups -OCH3 is 1. The van der Waals surface area contributed by atoms with Gasteiger partial charge in [0.2, 0.25) is 0 Å². The maximum Gasteiger partial charge on any atom is 0.573 e. The lowest BCUT2D eigenvalue weighted by Gasteiger charge is -2.11. The van der Waals surface area contributed by atoms with Crippen LogP contribution < -0.4 is 15.4 Å². The number of hydrogen-bond donors (Lipinski definition) is 2. The van der Waals surface area contributed by atoms with E-state index in [-0.39, 0.29) is 5.75 Å². The van der Waals surface area contributed by atoms with Crippen molar-refractivity contribution in [1.82, 2.24) is 5.32 Å². The molecule has 1 rings (SSSR count). The Bertz CT molecular complexity index is 409. The fourth-order valence-electron chi connectivity index (χ4n) is 1.18. The van der Waals surface area contributed by atoms with E-state index in [4.69, 9.17) is 17.0 Å². The van der Waals surface area contributed by atoms with Crippen molar-refractivity contribution in [3.05, 3.63) is 24.3 Å². The highest BCUT2D eigenvalue weighted by Crippen LogP contribution is 2.23. The van der Waals surface area contributed by atoms with Crippen molar-refractivity contribution in [1.29, 1.82) is 0 Å². The SMILES string of the molecule is COCCNC(=S)Nc1ccc(OC(F)(F)F)cc1. The summed E-state index contributed by atoms with van der Waals surface area (Å²) >= 11 is 4.98. The molecule has 1 aromatic rings. The lowest BCUT2D eigenvalue weighted by Crippen LogP contribution is -2.31. The van der Waals surface area contributed by atoms with Crippen LogP contribution in [0, 0.1) is 0 Å². The monoisotopic (exact) mass is 294 g/mol. The summed E-state index contributed by atoms with van der Waals surface area (Å²) < 4.78 is 44.4. The summed E-state index contributed by atoms with van der Waals surface area (Å²) in [5.41, 5.74) is 0.560. The first-order chi connectivity index (χ1) is 8.90. The molecule has 2 N–H and O–H groups in total. The van der Waals surface area contributed by atoms with Gasteiger partial charge in [-0.15, -0.1) is 13.2 Å². The second kappa shape index (κ2) is 7.15. The highest BCUT2D eigenvalue weighted by Gasteiger charge is 2.30. The van der Waals surface area contributed by atoms with E-state index in [0.717, 1.165) is 0 Å². The summed E-state index contributed by atoms with van der Waals surface area (Å²) in [5.74, 6) is -0.281. The molecular weight excluding hydrogens is 281 g/mol. The predicted molar refractivity (Wildman–Crippen MR) is 69.2 cm³/mol. The third-order valence-corrected chi connectivity index (χ3v) is 2.18. The summed E-state index contributed by atoms with van der Waals surface area (Å²) in [4.78, 5) is 0. The first-order valence-electron chi connectivity index (χ1n) is 5.30. The van der Waals surface area contributed by atoms with Crippen LogP contribution in [0.15, 0.2) is 24.3 Å². The molecule has 0 aliphatic heterocycles. The molecule has 0 amide bonds. The molecule has 0 aromatic heterocycles. The van der Waals surface area contributed by atoms with Crippen molar-refractivity contribution in [2.24, 2.45) is 0 Å².